The highest BCUT2D eigenvalue weighted by Gasteiger charge is 2.26. The van der Waals surface area contributed by atoms with Crippen LogP contribution in [0.15, 0.2) is 53.4 Å². The summed E-state index contributed by atoms with van der Waals surface area (Å²) >= 11 is 0. The molecule has 1 amide bonds. The fourth-order valence-corrected chi connectivity index (χ4v) is 4.68. The Morgan fingerprint density at radius 1 is 1.00 bits per heavy atom. The Balaban J connectivity index is 1.60. The van der Waals surface area contributed by atoms with Gasteiger partial charge in [-0.05, 0) is 54.2 Å². The lowest BCUT2D eigenvalue weighted by atomic mass is 10.0. The second-order valence-corrected chi connectivity index (χ2v) is 9.15. The van der Waals surface area contributed by atoms with Crippen LogP contribution >= 0.6 is 0 Å². The third-order valence-corrected chi connectivity index (χ3v) is 6.83. The van der Waals surface area contributed by atoms with Crippen molar-refractivity contribution >= 4 is 15.9 Å². The van der Waals surface area contributed by atoms with Gasteiger partial charge in [0, 0.05) is 25.2 Å². The van der Waals surface area contributed by atoms with Crippen molar-refractivity contribution in [2.24, 2.45) is 0 Å². The zero-order valence-electron chi connectivity index (χ0n) is 15.8. The first kappa shape index (κ1) is 19.6. The lowest BCUT2D eigenvalue weighted by Gasteiger charge is -2.15. The van der Waals surface area contributed by atoms with Gasteiger partial charge < -0.3 is 5.32 Å². The van der Waals surface area contributed by atoms with E-state index in [1.54, 1.807) is 24.3 Å². The van der Waals surface area contributed by atoms with Crippen LogP contribution in [0.25, 0.3) is 0 Å². The van der Waals surface area contributed by atoms with Crippen molar-refractivity contribution in [3.8, 4) is 0 Å². The molecular weight excluding hydrogens is 360 g/mol. The zero-order valence-corrected chi connectivity index (χ0v) is 16.6. The molecule has 1 fully saturated rings. The molecule has 1 aliphatic heterocycles. The van der Waals surface area contributed by atoms with E-state index in [2.05, 4.69) is 19.2 Å². The van der Waals surface area contributed by atoms with Crippen LogP contribution in [0.5, 0.6) is 0 Å². The maximum atomic E-state index is 12.5. The van der Waals surface area contributed by atoms with Crippen LogP contribution in [-0.2, 0) is 16.6 Å². The van der Waals surface area contributed by atoms with Crippen LogP contribution in [0.2, 0.25) is 0 Å². The summed E-state index contributed by atoms with van der Waals surface area (Å²) < 4.78 is 26.6. The van der Waals surface area contributed by atoms with E-state index in [1.807, 2.05) is 24.3 Å². The zero-order chi connectivity index (χ0) is 19.4. The first-order valence-electron chi connectivity index (χ1n) is 9.35. The molecule has 0 aliphatic carbocycles. The Kier molecular flexibility index (Phi) is 5.97. The van der Waals surface area contributed by atoms with Crippen molar-refractivity contribution in [1.29, 1.82) is 0 Å². The summed E-state index contributed by atoms with van der Waals surface area (Å²) in [5.41, 5.74) is 2.68. The maximum absolute atomic E-state index is 12.5. The van der Waals surface area contributed by atoms with Gasteiger partial charge >= 0.3 is 0 Å². The van der Waals surface area contributed by atoms with Gasteiger partial charge in [-0.25, -0.2) is 8.42 Å². The summed E-state index contributed by atoms with van der Waals surface area (Å²) in [5.74, 6) is 0.288. The van der Waals surface area contributed by atoms with Gasteiger partial charge in [-0.1, -0.05) is 38.1 Å². The molecule has 1 heterocycles. The number of benzene rings is 2. The van der Waals surface area contributed by atoms with Crippen molar-refractivity contribution < 1.29 is 13.2 Å². The van der Waals surface area contributed by atoms with Crippen molar-refractivity contribution in [2.75, 3.05) is 13.1 Å². The Hall–Kier alpha value is -2.18. The summed E-state index contributed by atoms with van der Waals surface area (Å²) in [6.07, 6.45) is 1.84. The minimum absolute atomic E-state index is 0.140. The molecule has 2 aromatic carbocycles. The molecule has 1 N–H and O–H groups in total. The van der Waals surface area contributed by atoms with Gasteiger partial charge in [-0.15, -0.1) is 0 Å². The normalized spacial score (nSPS) is 15.2. The molecule has 0 aromatic heterocycles. The van der Waals surface area contributed by atoms with Gasteiger partial charge in [0.05, 0.1) is 4.90 Å². The summed E-state index contributed by atoms with van der Waals surface area (Å²) in [6, 6.07) is 14.3. The number of nitrogens with zero attached hydrogens (tertiary/aromatic N) is 1. The summed E-state index contributed by atoms with van der Waals surface area (Å²) in [6.45, 7) is 5.77. The molecule has 0 spiro atoms. The third kappa shape index (κ3) is 4.57. The van der Waals surface area contributed by atoms with Gasteiger partial charge in [0.2, 0.25) is 10.0 Å². The predicted octanol–water partition coefficient (Wildman–Crippen LogP) is 3.52. The highest BCUT2D eigenvalue weighted by molar-refractivity contribution is 7.89. The first-order chi connectivity index (χ1) is 12.9. The van der Waals surface area contributed by atoms with E-state index in [4.69, 9.17) is 0 Å². The molecule has 5 nitrogen and oxygen atoms in total. The molecule has 0 unspecified atom stereocenters. The average Bonchev–Trinajstić information content (AvgIpc) is 3.22. The Bertz CT molecular complexity index is 882. The van der Waals surface area contributed by atoms with Crippen molar-refractivity contribution in [2.45, 2.75) is 44.0 Å². The molecule has 3 rings (SSSR count). The van der Waals surface area contributed by atoms with E-state index >= 15 is 0 Å². The van der Waals surface area contributed by atoms with Crippen LogP contribution in [0.1, 0.15) is 54.1 Å². The molecule has 1 aliphatic rings. The third-order valence-electron chi connectivity index (χ3n) is 4.92. The molecule has 27 heavy (non-hydrogen) atoms. The number of rotatable bonds is 6. The predicted molar refractivity (Wildman–Crippen MR) is 106 cm³/mol. The van der Waals surface area contributed by atoms with Gasteiger partial charge in [-0.2, -0.15) is 4.31 Å². The van der Waals surface area contributed by atoms with Crippen LogP contribution in [0, 0.1) is 0 Å². The Morgan fingerprint density at radius 2 is 1.59 bits per heavy atom. The maximum Gasteiger partial charge on any atom is 0.251 e. The van der Waals surface area contributed by atoms with E-state index in [-0.39, 0.29) is 5.91 Å². The van der Waals surface area contributed by atoms with Crippen LogP contribution in [0.3, 0.4) is 0 Å². The monoisotopic (exact) mass is 386 g/mol. The van der Waals surface area contributed by atoms with Crippen molar-refractivity contribution in [3.05, 3.63) is 65.2 Å². The molecule has 6 heteroatoms. The number of carbonyl (C=O) groups is 1. The largest absolute Gasteiger partial charge is 0.348 e. The van der Waals surface area contributed by atoms with E-state index < -0.39 is 10.0 Å². The molecule has 2 aromatic rings. The standard InChI is InChI=1S/C21H26N2O3S/c1-16(2)18-7-9-19(10-8-18)21(24)22-15-17-5-11-20(12-6-17)27(25,26)23-13-3-4-14-23/h5-12,16H,3-4,13-15H2,1-2H3,(H,22,24). The SMILES string of the molecule is CC(C)c1ccc(C(=O)NCc2ccc(S(=O)(=O)N3CCCC3)cc2)cc1. The molecule has 144 valence electrons. The molecule has 0 radical (unpaired) electrons. The molecular formula is C21H26N2O3S. The first-order valence-corrected chi connectivity index (χ1v) is 10.8. The lowest BCUT2D eigenvalue weighted by Crippen LogP contribution is -2.28. The Labute approximate surface area is 161 Å². The second-order valence-electron chi connectivity index (χ2n) is 7.21. The number of hydrogen-bond acceptors (Lipinski definition) is 3. The number of amides is 1. The Morgan fingerprint density at radius 3 is 2.15 bits per heavy atom. The number of hydrogen-bond donors (Lipinski definition) is 1. The van der Waals surface area contributed by atoms with Crippen LogP contribution in [0.4, 0.5) is 0 Å². The molecule has 0 saturated carbocycles. The van der Waals surface area contributed by atoms with E-state index in [9.17, 15) is 13.2 Å². The topological polar surface area (TPSA) is 66.5 Å². The fraction of sp³-hybridized carbons (Fsp3) is 0.381. The van der Waals surface area contributed by atoms with Gasteiger partial charge in [-0.3, -0.25) is 4.79 Å². The van der Waals surface area contributed by atoms with Gasteiger partial charge in [0.25, 0.3) is 5.91 Å². The molecule has 1 saturated heterocycles. The summed E-state index contributed by atoms with van der Waals surface area (Å²) in [4.78, 5) is 12.6. The second kappa shape index (κ2) is 8.23. The van der Waals surface area contributed by atoms with Crippen molar-refractivity contribution in [1.82, 2.24) is 9.62 Å². The summed E-state index contributed by atoms with van der Waals surface area (Å²) in [7, 11) is -3.39. The highest BCUT2D eigenvalue weighted by Crippen LogP contribution is 2.21. The highest BCUT2D eigenvalue weighted by atomic mass is 32.2. The quantitative estimate of drug-likeness (QED) is 0.826. The van der Waals surface area contributed by atoms with E-state index in [0.29, 0.717) is 36.0 Å². The lowest BCUT2D eigenvalue weighted by molar-refractivity contribution is 0.0951. The number of carbonyl (C=O) groups excluding carboxylic acids is 1. The summed E-state index contributed by atoms with van der Waals surface area (Å²) in [5, 5.41) is 2.88. The fourth-order valence-electron chi connectivity index (χ4n) is 3.16. The molecule has 0 atom stereocenters. The minimum Gasteiger partial charge on any atom is -0.348 e. The van der Waals surface area contributed by atoms with Gasteiger partial charge in [0.1, 0.15) is 0 Å². The van der Waals surface area contributed by atoms with E-state index in [1.165, 1.54) is 9.87 Å². The van der Waals surface area contributed by atoms with E-state index in [0.717, 1.165) is 18.4 Å². The average molecular weight is 387 g/mol. The van der Waals surface area contributed by atoms with Crippen molar-refractivity contribution in [3.63, 3.8) is 0 Å². The van der Waals surface area contributed by atoms with Crippen LogP contribution < -0.4 is 5.32 Å². The minimum atomic E-state index is -3.39. The smallest absolute Gasteiger partial charge is 0.251 e. The number of nitrogens with one attached hydrogen (secondary N) is 1. The number of sulfonamides is 1. The van der Waals surface area contributed by atoms with Gasteiger partial charge in [0.15, 0.2) is 0 Å². The molecule has 0 bridgehead atoms. The van der Waals surface area contributed by atoms with Crippen LogP contribution in [-0.4, -0.2) is 31.7 Å².